The molecule has 0 radical (unpaired) electrons. The van der Waals surface area contributed by atoms with Crippen LogP contribution >= 0.6 is 0 Å². The Morgan fingerprint density at radius 1 is 1.19 bits per heavy atom. The zero-order chi connectivity index (χ0) is 12.1. The van der Waals surface area contributed by atoms with Gasteiger partial charge in [0.15, 0.2) is 0 Å². The van der Waals surface area contributed by atoms with Crippen molar-refractivity contribution in [1.82, 2.24) is 5.32 Å². The number of aliphatic hydroxyl groups is 1. The SMILES string of the molecule is NC(CCCCNCCCOCCO)=NO. The summed E-state index contributed by atoms with van der Waals surface area (Å²) in [6, 6.07) is 0. The highest BCUT2D eigenvalue weighted by Gasteiger charge is 1.94. The molecular weight excluding hydrogens is 210 g/mol. The third-order valence-corrected chi connectivity index (χ3v) is 2.04. The molecule has 6 heteroatoms. The van der Waals surface area contributed by atoms with E-state index in [1.54, 1.807) is 0 Å². The maximum absolute atomic E-state index is 8.45. The summed E-state index contributed by atoms with van der Waals surface area (Å²) in [7, 11) is 0. The molecule has 0 aliphatic rings. The number of hydrogen-bond donors (Lipinski definition) is 4. The summed E-state index contributed by atoms with van der Waals surface area (Å²) < 4.78 is 5.11. The maximum atomic E-state index is 8.45. The zero-order valence-corrected chi connectivity index (χ0v) is 9.69. The van der Waals surface area contributed by atoms with Crippen LogP contribution in [0.5, 0.6) is 0 Å². The van der Waals surface area contributed by atoms with Crippen molar-refractivity contribution in [3.8, 4) is 0 Å². The molecule has 6 nitrogen and oxygen atoms in total. The van der Waals surface area contributed by atoms with Gasteiger partial charge in [0.05, 0.1) is 13.2 Å². The van der Waals surface area contributed by atoms with Gasteiger partial charge in [-0.1, -0.05) is 5.16 Å². The van der Waals surface area contributed by atoms with E-state index in [4.69, 9.17) is 20.8 Å². The summed E-state index contributed by atoms with van der Waals surface area (Å²) in [5, 5.41) is 22.9. The van der Waals surface area contributed by atoms with Gasteiger partial charge in [0.1, 0.15) is 5.84 Å². The monoisotopic (exact) mass is 233 g/mol. The van der Waals surface area contributed by atoms with Crippen molar-refractivity contribution < 1.29 is 15.1 Å². The van der Waals surface area contributed by atoms with Gasteiger partial charge >= 0.3 is 0 Å². The van der Waals surface area contributed by atoms with Crippen molar-refractivity contribution in [2.24, 2.45) is 10.9 Å². The molecule has 96 valence electrons. The fraction of sp³-hybridized carbons (Fsp3) is 0.900. The Morgan fingerprint density at radius 2 is 1.94 bits per heavy atom. The fourth-order valence-corrected chi connectivity index (χ4v) is 1.20. The molecule has 0 aliphatic carbocycles. The van der Waals surface area contributed by atoms with Gasteiger partial charge < -0.3 is 26.1 Å². The van der Waals surface area contributed by atoms with Crippen LogP contribution in [-0.4, -0.2) is 49.1 Å². The first-order valence-electron chi connectivity index (χ1n) is 5.67. The lowest BCUT2D eigenvalue weighted by molar-refractivity contribution is 0.0907. The van der Waals surface area contributed by atoms with Crippen molar-refractivity contribution in [2.45, 2.75) is 25.7 Å². The standard InChI is InChI=1S/C10H23N3O3/c11-10(13-15)4-1-2-5-12-6-3-8-16-9-7-14/h12,14-15H,1-9H2,(H2,11,13). The highest BCUT2D eigenvalue weighted by Crippen LogP contribution is 1.93. The van der Waals surface area contributed by atoms with E-state index in [0.29, 0.717) is 19.6 Å². The van der Waals surface area contributed by atoms with Gasteiger partial charge in [-0.3, -0.25) is 0 Å². The zero-order valence-electron chi connectivity index (χ0n) is 9.69. The van der Waals surface area contributed by atoms with E-state index >= 15 is 0 Å². The third-order valence-electron chi connectivity index (χ3n) is 2.04. The Morgan fingerprint density at radius 3 is 2.62 bits per heavy atom. The first-order valence-corrected chi connectivity index (χ1v) is 5.67. The molecule has 0 aromatic rings. The molecule has 0 amide bonds. The quantitative estimate of drug-likeness (QED) is 0.131. The van der Waals surface area contributed by atoms with Crippen molar-refractivity contribution in [3.63, 3.8) is 0 Å². The Bertz CT molecular complexity index is 177. The number of ether oxygens (including phenoxy) is 1. The average molecular weight is 233 g/mol. The third kappa shape index (κ3) is 11.2. The molecule has 0 saturated heterocycles. The predicted molar refractivity (Wildman–Crippen MR) is 62.7 cm³/mol. The lowest BCUT2D eigenvalue weighted by Gasteiger charge is -2.05. The van der Waals surface area contributed by atoms with Gasteiger partial charge in [-0.15, -0.1) is 0 Å². The Kier molecular flexibility index (Phi) is 11.6. The highest BCUT2D eigenvalue weighted by atomic mass is 16.5. The van der Waals surface area contributed by atoms with E-state index in [-0.39, 0.29) is 12.4 Å². The smallest absolute Gasteiger partial charge is 0.139 e. The Balaban J connectivity index is 2.99. The first kappa shape index (κ1) is 15.2. The molecule has 0 fully saturated rings. The summed E-state index contributed by atoms with van der Waals surface area (Å²) >= 11 is 0. The fourth-order valence-electron chi connectivity index (χ4n) is 1.20. The molecule has 16 heavy (non-hydrogen) atoms. The summed E-state index contributed by atoms with van der Waals surface area (Å²) in [4.78, 5) is 0. The average Bonchev–Trinajstić information content (AvgIpc) is 2.31. The first-order chi connectivity index (χ1) is 7.81. The van der Waals surface area contributed by atoms with Crippen LogP contribution in [0.1, 0.15) is 25.7 Å². The van der Waals surface area contributed by atoms with Gasteiger partial charge in [0.25, 0.3) is 0 Å². The van der Waals surface area contributed by atoms with E-state index in [1.165, 1.54) is 0 Å². The van der Waals surface area contributed by atoms with Crippen molar-refractivity contribution >= 4 is 5.84 Å². The molecule has 0 atom stereocenters. The van der Waals surface area contributed by atoms with Crippen molar-refractivity contribution in [3.05, 3.63) is 0 Å². The molecule has 0 unspecified atom stereocenters. The highest BCUT2D eigenvalue weighted by molar-refractivity contribution is 5.79. The number of nitrogens with one attached hydrogen (secondary N) is 1. The topological polar surface area (TPSA) is 100 Å². The minimum atomic E-state index is 0.0846. The van der Waals surface area contributed by atoms with E-state index in [2.05, 4.69) is 10.5 Å². The molecular formula is C10H23N3O3. The van der Waals surface area contributed by atoms with Crippen LogP contribution < -0.4 is 11.1 Å². The normalized spacial score (nSPS) is 11.9. The van der Waals surface area contributed by atoms with Crippen molar-refractivity contribution in [1.29, 1.82) is 0 Å². The number of aliphatic hydroxyl groups excluding tert-OH is 1. The molecule has 0 spiro atoms. The van der Waals surface area contributed by atoms with Crippen LogP contribution in [0.25, 0.3) is 0 Å². The van der Waals surface area contributed by atoms with Crippen molar-refractivity contribution in [2.75, 3.05) is 32.9 Å². The van der Waals surface area contributed by atoms with Gasteiger partial charge in [-0.05, 0) is 32.4 Å². The summed E-state index contributed by atoms with van der Waals surface area (Å²) in [5.74, 6) is 0.289. The second-order valence-electron chi connectivity index (χ2n) is 3.49. The minimum absolute atomic E-state index is 0.0846. The predicted octanol–water partition coefficient (Wildman–Crippen LogP) is -0.108. The number of hydrogen-bond acceptors (Lipinski definition) is 5. The van der Waals surface area contributed by atoms with E-state index in [1.807, 2.05) is 0 Å². The molecule has 0 aromatic heterocycles. The van der Waals surface area contributed by atoms with Gasteiger partial charge in [-0.25, -0.2) is 0 Å². The lowest BCUT2D eigenvalue weighted by atomic mass is 10.2. The summed E-state index contributed by atoms with van der Waals surface area (Å²) in [6.07, 6.45) is 3.51. The van der Waals surface area contributed by atoms with Crippen LogP contribution in [0.15, 0.2) is 5.16 Å². The molecule has 0 aliphatic heterocycles. The second kappa shape index (κ2) is 12.2. The molecule has 5 N–H and O–H groups in total. The molecule has 0 aromatic carbocycles. The van der Waals surface area contributed by atoms with Crippen LogP contribution in [0.3, 0.4) is 0 Å². The van der Waals surface area contributed by atoms with Crippen LogP contribution in [0.2, 0.25) is 0 Å². The maximum Gasteiger partial charge on any atom is 0.139 e. The molecule has 0 heterocycles. The molecule has 0 rings (SSSR count). The van der Waals surface area contributed by atoms with E-state index in [9.17, 15) is 0 Å². The number of oxime groups is 1. The van der Waals surface area contributed by atoms with Gasteiger partial charge in [0, 0.05) is 13.0 Å². The van der Waals surface area contributed by atoms with Gasteiger partial charge in [-0.2, -0.15) is 0 Å². The Labute approximate surface area is 96.5 Å². The van der Waals surface area contributed by atoms with E-state index in [0.717, 1.165) is 32.4 Å². The minimum Gasteiger partial charge on any atom is -0.409 e. The van der Waals surface area contributed by atoms with Crippen LogP contribution in [0, 0.1) is 0 Å². The second-order valence-corrected chi connectivity index (χ2v) is 3.49. The van der Waals surface area contributed by atoms with Gasteiger partial charge in [0.2, 0.25) is 0 Å². The summed E-state index contributed by atoms with van der Waals surface area (Å²) in [6.45, 7) is 3.02. The van der Waals surface area contributed by atoms with Crippen LogP contribution in [0.4, 0.5) is 0 Å². The largest absolute Gasteiger partial charge is 0.409 e. The number of nitrogens with two attached hydrogens (primary N) is 1. The number of nitrogens with zero attached hydrogens (tertiary/aromatic N) is 1. The number of amidine groups is 1. The lowest BCUT2D eigenvalue weighted by Crippen LogP contribution is -2.19. The van der Waals surface area contributed by atoms with Crippen LogP contribution in [-0.2, 0) is 4.74 Å². The Hall–Kier alpha value is -0.850. The number of unbranched alkanes of at least 4 members (excludes halogenated alkanes) is 1. The number of rotatable bonds is 11. The molecule has 0 bridgehead atoms. The summed E-state index contributed by atoms with van der Waals surface area (Å²) in [5.41, 5.74) is 5.32. The molecule has 0 saturated carbocycles. The van der Waals surface area contributed by atoms with E-state index < -0.39 is 0 Å².